The summed E-state index contributed by atoms with van der Waals surface area (Å²) in [5.41, 5.74) is 0.726. The van der Waals surface area contributed by atoms with E-state index < -0.39 is 0 Å². The van der Waals surface area contributed by atoms with Crippen LogP contribution < -0.4 is 0 Å². The molecule has 0 fully saturated rings. The van der Waals surface area contributed by atoms with Crippen molar-refractivity contribution in [2.75, 3.05) is 0 Å². The smallest absolute Gasteiger partial charge is 0.164 e. The van der Waals surface area contributed by atoms with Crippen LogP contribution in [0.25, 0.3) is 11.4 Å². The van der Waals surface area contributed by atoms with Crippen molar-refractivity contribution in [2.24, 2.45) is 0 Å². The van der Waals surface area contributed by atoms with Gasteiger partial charge in [-0.1, -0.05) is 15.9 Å². The van der Waals surface area contributed by atoms with Crippen molar-refractivity contribution >= 4 is 31.9 Å². The highest BCUT2D eigenvalue weighted by Gasteiger charge is 2.16. The van der Waals surface area contributed by atoms with Gasteiger partial charge < -0.3 is 4.57 Å². The second-order valence-corrected chi connectivity index (χ2v) is 5.58. The second-order valence-electron chi connectivity index (χ2n) is 4.17. The molecule has 0 saturated heterocycles. The Hall–Kier alpha value is -0.750. The molecule has 6 heteroatoms. The Morgan fingerprint density at radius 3 is 2.61 bits per heavy atom. The molecular formula is C12H12Br2FN3. The summed E-state index contributed by atoms with van der Waals surface area (Å²) in [4.78, 5) is 0. The summed E-state index contributed by atoms with van der Waals surface area (Å²) < 4.78 is 16.0. The molecule has 0 atom stereocenters. The van der Waals surface area contributed by atoms with E-state index in [0.717, 1.165) is 11.4 Å². The number of hydrogen-bond donors (Lipinski definition) is 0. The van der Waals surface area contributed by atoms with Crippen molar-refractivity contribution < 1.29 is 4.39 Å². The van der Waals surface area contributed by atoms with Crippen LogP contribution in [0.5, 0.6) is 0 Å². The van der Waals surface area contributed by atoms with Crippen molar-refractivity contribution in [1.29, 1.82) is 0 Å². The number of nitrogens with zero attached hydrogens (tertiary/aromatic N) is 3. The first kappa shape index (κ1) is 13.7. The zero-order chi connectivity index (χ0) is 13.3. The fourth-order valence-electron chi connectivity index (χ4n) is 1.79. The van der Waals surface area contributed by atoms with Gasteiger partial charge in [0.2, 0.25) is 0 Å². The number of rotatable bonds is 3. The summed E-state index contributed by atoms with van der Waals surface area (Å²) >= 11 is 6.53. The zero-order valence-corrected chi connectivity index (χ0v) is 13.2. The normalized spacial score (nSPS) is 11.2. The maximum Gasteiger partial charge on any atom is 0.164 e. The van der Waals surface area contributed by atoms with Gasteiger partial charge >= 0.3 is 0 Å². The first-order valence-corrected chi connectivity index (χ1v) is 7.41. The molecule has 0 bridgehead atoms. The summed E-state index contributed by atoms with van der Waals surface area (Å²) in [6.07, 6.45) is 0. The quantitative estimate of drug-likeness (QED) is 0.746. The predicted octanol–water partition coefficient (Wildman–Crippen LogP) is 4.32. The molecule has 1 heterocycles. The van der Waals surface area contributed by atoms with Gasteiger partial charge in [0.25, 0.3) is 0 Å². The van der Waals surface area contributed by atoms with Crippen LogP contribution in [0.3, 0.4) is 0 Å². The molecular weight excluding hydrogens is 365 g/mol. The molecule has 2 aromatic rings. The Balaban J connectivity index is 2.56. The van der Waals surface area contributed by atoms with Crippen LogP contribution in [0.4, 0.5) is 4.39 Å². The minimum atomic E-state index is -0.300. The van der Waals surface area contributed by atoms with Crippen molar-refractivity contribution in [3.63, 3.8) is 0 Å². The lowest BCUT2D eigenvalue weighted by Crippen LogP contribution is -2.07. The van der Waals surface area contributed by atoms with E-state index in [0.29, 0.717) is 15.6 Å². The fraction of sp³-hybridized carbons (Fsp3) is 0.333. The molecule has 0 unspecified atom stereocenters. The Kier molecular flexibility index (Phi) is 4.17. The lowest BCUT2D eigenvalue weighted by Gasteiger charge is -2.13. The highest BCUT2D eigenvalue weighted by Crippen LogP contribution is 2.26. The fourth-order valence-corrected chi connectivity index (χ4v) is 2.42. The third kappa shape index (κ3) is 2.49. The van der Waals surface area contributed by atoms with Crippen molar-refractivity contribution in [3.05, 3.63) is 34.3 Å². The molecule has 0 aliphatic carbocycles. The van der Waals surface area contributed by atoms with Crippen LogP contribution >= 0.6 is 31.9 Å². The molecule has 0 aliphatic rings. The van der Waals surface area contributed by atoms with Gasteiger partial charge in [-0.2, -0.15) is 0 Å². The molecule has 0 N–H and O–H groups in total. The maximum absolute atomic E-state index is 13.6. The van der Waals surface area contributed by atoms with Gasteiger partial charge in [-0.15, -0.1) is 10.2 Å². The van der Waals surface area contributed by atoms with Crippen molar-refractivity contribution in [1.82, 2.24) is 14.8 Å². The van der Waals surface area contributed by atoms with Gasteiger partial charge in [-0.05, 0) is 48.0 Å². The molecule has 0 radical (unpaired) electrons. The van der Waals surface area contributed by atoms with Crippen molar-refractivity contribution in [2.45, 2.75) is 25.2 Å². The largest absolute Gasteiger partial charge is 0.308 e. The number of alkyl halides is 1. The number of benzene rings is 1. The molecule has 0 spiro atoms. The Bertz CT molecular complexity index is 566. The average Bonchev–Trinajstić information content (AvgIpc) is 2.76. The molecule has 3 nitrogen and oxygen atoms in total. The van der Waals surface area contributed by atoms with Crippen LogP contribution in [0.1, 0.15) is 25.7 Å². The lowest BCUT2D eigenvalue weighted by molar-refractivity contribution is 0.585. The van der Waals surface area contributed by atoms with E-state index in [-0.39, 0.29) is 11.9 Å². The Labute approximate surface area is 122 Å². The first-order chi connectivity index (χ1) is 8.54. The number of aromatic nitrogens is 3. The number of hydrogen-bond acceptors (Lipinski definition) is 2. The van der Waals surface area contributed by atoms with Gasteiger partial charge in [0.1, 0.15) is 11.6 Å². The Morgan fingerprint density at radius 1 is 1.33 bits per heavy atom. The van der Waals surface area contributed by atoms with E-state index >= 15 is 0 Å². The summed E-state index contributed by atoms with van der Waals surface area (Å²) in [5.74, 6) is 1.22. The summed E-state index contributed by atoms with van der Waals surface area (Å²) in [6, 6.07) is 5.19. The minimum Gasteiger partial charge on any atom is -0.308 e. The van der Waals surface area contributed by atoms with E-state index in [1.165, 1.54) is 6.07 Å². The van der Waals surface area contributed by atoms with E-state index in [9.17, 15) is 4.39 Å². The molecule has 1 aromatic heterocycles. The Morgan fingerprint density at radius 2 is 2.06 bits per heavy atom. The van der Waals surface area contributed by atoms with Gasteiger partial charge in [-0.3, -0.25) is 0 Å². The molecule has 2 rings (SSSR count). The van der Waals surface area contributed by atoms with Crippen LogP contribution in [0.2, 0.25) is 0 Å². The molecule has 0 aliphatic heterocycles. The van der Waals surface area contributed by atoms with Gasteiger partial charge in [0.05, 0.1) is 9.80 Å². The van der Waals surface area contributed by atoms with E-state index in [2.05, 4.69) is 42.1 Å². The molecule has 0 amide bonds. The SMILES string of the molecule is CC(C)n1c(CBr)nnc1-c1ccc(Br)c(F)c1. The maximum atomic E-state index is 13.6. The van der Waals surface area contributed by atoms with Crippen LogP contribution in [0, 0.1) is 5.82 Å². The topological polar surface area (TPSA) is 30.7 Å². The molecule has 18 heavy (non-hydrogen) atoms. The molecule has 1 aromatic carbocycles. The first-order valence-electron chi connectivity index (χ1n) is 5.49. The highest BCUT2D eigenvalue weighted by atomic mass is 79.9. The highest BCUT2D eigenvalue weighted by molar-refractivity contribution is 9.10. The van der Waals surface area contributed by atoms with Crippen LogP contribution in [0.15, 0.2) is 22.7 Å². The van der Waals surface area contributed by atoms with Crippen LogP contribution in [-0.2, 0) is 5.33 Å². The standard InChI is InChI=1S/C12H12Br2FN3/c1-7(2)18-11(6-13)16-17-12(18)8-3-4-9(14)10(15)5-8/h3-5,7H,6H2,1-2H3. The number of halogens is 3. The lowest BCUT2D eigenvalue weighted by atomic mass is 10.2. The zero-order valence-electron chi connectivity index (χ0n) is 9.99. The average molecular weight is 377 g/mol. The van der Waals surface area contributed by atoms with Crippen LogP contribution in [-0.4, -0.2) is 14.8 Å². The van der Waals surface area contributed by atoms with Crippen molar-refractivity contribution in [3.8, 4) is 11.4 Å². The summed E-state index contributed by atoms with van der Waals surface area (Å²) in [5, 5.41) is 8.89. The summed E-state index contributed by atoms with van der Waals surface area (Å²) in [7, 11) is 0. The van der Waals surface area contributed by atoms with Gasteiger partial charge in [0.15, 0.2) is 5.82 Å². The van der Waals surface area contributed by atoms with E-state index in [1.807, 2.05) is 24.5 Å². The molecule has 96 valence electrons. The van der Waals surface area contributed by atoms with E-state index in [1.54, 1.807) is 6.07 Å². The molecule has 0 saturated carbocycles. The van der Waals surface area contributed by atoms with Gasteiger partial charge in [0, 0.05) is 11.6 Å². The van der Waals surface area contributed by atoms with E-state index in [4.69, 9.17) is 0 Å². The minimum absolute atomic E-state index is 0.217. The predicted molar refractivity (Wildman–Crippen MR) is 76.1 cm³/mol. The summed E-state index contributed by atoms with van der Waals surface area (Å²) in [6.45, 7) is 4.10. The monoisotopic (exact) mass is 375 g/mol. The third-order valence-corrected chi connectivity index (χ3v) is 3.72. The van der Waals surface area contributed by atoms with Gasteiger partial charge in [-0.25, -0.2) is 4.39 Å². The second kappa shape index (κ2) is 5.48. The third-order valence-electron chi connectivity index (χ3n) is 2.58.